The number of furan rings is 1. The minimum Gasteiger partial charge on any atom is -0.466 e. The van der Waals surface area contributed by atoms with Crippen LogP contribution in [-0.2, 0) is 22.0 Å². The van der Waals surface area contributed by atoms with Gasteiger partial charge in [0.25, 0.3) is 0 Å². The van der Waals surface area contributed by atoms with Crippen LogP contribution in [-0.4, -0.2) is 20.1 Å². The second-order valence-electron chi connectivity index (χ2n) is 5.64. The zero-order chi connectivity index (χ0) is 17.9. The molecule has 0 bridgehead atoms. The molecule has 0 aliphatic carbocycles. The first-order valence-electron chi connectivity index (χ1n) is 7.84. The normalized spacial score (nSPS) is 14.3. The Morgan fingerprint density at radius 3 is 2.48 bits per heavy atom. The predicted octanol–water partition coefficient (Wildman–Crippen LogP) is 3.12. The van der Waals surface area contributed by atoms with Crippen molar-refractivity contribution in [1.29, 1.82) is 0 Å². The number of thiophene rings is 1. The van der Waals surface area contributed by atoms with Gasteiger partial charge >= 0.3 is 0 Å². The standard InChI is InChI=1S/C18H19NO4S2/c1-2-14-7-9-15(10-8-14)25(21,22)19-13-18(20,16-5-3-11-23-16)17-6-4-12-24-17/h3-12,19-20H,2,13H2,1H3. The van der Waals surface area contributed by atoms with E-state index in [0.717, 1.165) is 12.0 Å². The summed E-state index contributed by atoms with van der Waals surface area (Å²) in [5, 5.41) is 12.9. The van der Waals surface area contributed by atoms with Crippen LogP contribution in [0.1, 0.15) is 23.1 Å². The van der Waals surface area contributed by atoms with E-state index in [4.69, 9.17) is 4.42 Å². The summed E-state index contributed by atoms with van der Waals surface area (Å²) in [6.45, 7) is 1.78. The van der Waals surface area contributed by atoms with Crippen LogP contribution in [0.15, 0.2) is 69.5 Å². The fourth-order valence-electron chi connectivity index (χ4n) is 2.51. The summed E-state index contributed by atoms with van der Waals surface area (Å²) in [6, 6.07) is 13.5. The number of benzene rings is 1. The largest absolute Gasteiger partial charge is 0.466 e. The van der Waals surface area contributed by atoms with Crippen LogP contribution < -0.4 is 4.72 Å². The molecule has 3 rings (SSSR count). The van der Waals surface area contributed by atoms with Crippen molar-refractivity contribution in [2.24, 2.45) is 0 Å². The Hall–Kier alpha value is -1.93. The molecule has 25 heavy (non-hydrogen) atoms. The second-order valence-corrected chi connectivity index (χ2v) is 8.35. The van der Waals surface area contributed by atoms with Crippen molar-refractivity contribution in [2.75, 3.05) is 6.54 Å². The zero-order valence-electron chi connectivity index (χ0n) is 13.7. The van der Waals surface area contributed by atoms with E-state index < -0.39 is 15.6 Å². The number of rotatable bonds is 7. The second kappa shape index (κ2) is 7.13. The van der Waals surface area contributed by atoms with Crippen LogP contribution in [0.3, 0.4) is 0 Å². The molecule has 5 nitrogen and oxygen atoms in total. The smallest absolute Gasteiger partial charge is 0.240 e. The lowest BCUT2D eigenvalue weighted by Gasteiger charge is -2.25. The van der Waals surface area contributed by atoms with Crippen molar-refractivity contribution in [2.45, 2.75) is 23.8 Å². The number of aryl methyl sites for hydroxylation is 1. The van der Waals surface area contributed by atoms with Crippen LogP contribution >= 0.6 is 11.3 Å². The van der Waals surface area contributed by atoms with Gasteiger partial charge < -0.3 is 9.52 Å². The predicted molar refractivity (Wildman–Crippen MR) is 97.0 cm³/mol. The summed E-state index contributed by atoms with van der Waals surface area (Å²) < 4.78 is 33.0. The third kappa shape index (κ3) is 3.69. The molecule has 0 aliphatic heterocycles. The summed E-state index contributed by atoms with van der Waals surface area (Å²) in [5.41, 5.74) is -0.502. The molecule has 3 aromatic rings. The SMILES string of the molecule is CCc1ccc(S(=O)(=O)NCC(O)(c2ccco2)c2cccs2)cc1. The summed E-state index contributed by atoms with van der Waals surface area (Å²) in [5.74, 6) is 0.291. The van der Waals surface area contributed by atoms with E-state index in [-0.39, 0.29) is 11.4 Å². The molecule has 1 aromatic carbocycles. The first kappa shape index (κ1) is 17.9. The van der Waals surface area contributed by atoms with Crippen LogP contribution in [0.4, 0.5) is 0 Å². The molecular formula is C18H19NO4S2. The Labute approximate surface area is 151 Å². The van der Waals surface area contributed by atoms with Gasteiger partial charge in [0.1, 0.15) is 5.76 Å². The van der Waals surface area contributed by atoms with Crippen molar-refractivity contribution in [3.05, 3.63) is 76.4 Å². The lowest BCUT2D eigenvalue weighted by molar-refractivity contribution is 0.0655. The first-order chi connectivity index (χ1) is 12.0. The van der Waals surface area contributed by atoms with Crippen LogP contribution in [0.25, 0.3) is 0 Å². The number of sulfonamides is 1. The maximum absolute atomic E-state index is 12.6. The van der Waals surface area contributed by atoms with Crippen LogP contribution in [0, 0.1) is 0 Å². The molecule has 2 aromatic heterocycles. The van der Waals surface area contributed by atoms with Gasteiger partial charge in [0.2, 0.25) is 10.0 Å². The van der Waals surface area contributed by atoms with Gasteiger partial charge in [0, 0.05) is 4.88 Å². The van der Waals surface area contributed by atoms with Crippen LogP contribution in [0.5, 0.6) is 0 Å². The van der Waals surface area contributed by atoms with Crippen LogP contribution in [0.2, 0.25) is 0 Å². The maximum Gasteiger partial charge on any atom is 0.240 e. The van der Waals surface area contributed by atoms with E-state index in [0.29, 0.717) is 10.6 Å². The van der Waals surface area contributed by atoms with Crippen molar-refractivity contribution in [3.8, 4) is 0 Å². The lowest BCUT2D eigenvalue weighted by atomic mass is 9.99. The quantitative estimate of drug-likeness (QED) is 0.663. The summed E-state index contributed by atoms with van der Waals surface area (Å²) in [4.78, 5) is 0.768. The average Bonchev–Trinajstić information content (AvgIpc) is 3.33. The van der Waals surface area contributed by atoms with Gasteiger partial charge in [0.05, 0.1) is 17.7 Å². The first-order valence-corrected chi connectivity index (χ1v) is 10.2. The fourth-order valence-corrected chi connectivity index (χ4v) is 4.40. The summed E-state index contributed by atoms with van der Waals surface area (Å²) in [6.07, 6.45) is 2.29. The Kier molecular flexibility index (Phi) is 5.10. The average molecular weight is 377 g/mol. The molecule has 0 radical (unpaired) electrons. The highest BCUT2D eigenvalue weighted by atomic mass is 32.2. The molecule has 0 saturated heterocycles. The third-order valence-electron chi connectivity index (χ3n) is 4.02. The summed E-state index contributed by atoms with van der Waals surface area (Å²) in [7, 11) is -3.75. The Balaban J connectivity index is 1.86. The molecule has 0 amide bonds. The molecule has 2 N–H and O–H groups in total. The van der Waals surface area contributed by atoms with Gasteiger partial charge in [-0.1, -0.05) is 25.1 Å². The minimum atomic E-state index is -3.75. The summed E-state index contributed by atoms with van der Waals surface area (Å²) >= 11 is 1.33. The maximum atomic E-state index is 12.6. The van der Waals surface area contributed by atoms with Gasteiger partial charge in [-0.25, -0.2) is 13.1 Å². The monoisotopic (exact) mass is 377 g/mol. The molecule has 0 saturated carbocycles. The van der Waals surface area contributed by atoms with Crippen molar-refractivity contribution >= 4 is 21.4 Å². The molecule has 0 aliphatic rings. The highest BCUT2D eigenvalue weighted by Crippen LogP contribution is 2.33. The van der Waals surface area contributed by atoms with Gasteiger partial charge in [-0.3, -0.25) is 0 Å². The van der Waals surface area contributed by atoms with Gasteiger partial charge in [0.15, 0.2) is 5.60 Å². The van der Waals surface area contributed by atoms with Gasteiger partial charge in [-0.2, -0.15) is 0 Å². The molecule has 7 heteroatoms. The van der Waals surface area contributed by atoms with Gasteiger partial charge in [-0.05, 0) is 47.7 Å². The number of nitrogens with one attached hydrogen (secondary N) is 1. The van der Waals surface area contributed by atoms with Crippen molar-refractivity contribution < 1.29 is 17.9 Å². The molecular weight excluding hydrogens is 358 g/mol. The highest BCUT2D eigenvalue weighted by molar-refractivity contribution is 7.89. The topological polar surface area (TPSA) is 79.5 Å². The molecule has 0 spiro atoms. The van der Waals surface area contributed by atoms with E-state index in [1.165, 1.54) is 17.6 Å². The molecule has 2 heterocycles. The Morgan fingerprint density at radius 1 is 1.16 bits per heavy atom. The lowest BCUT2D eigenvalue weighted by Crippen LogP contribution is -2.40. The number of hydrogen-bond acceptors (Lipinski definition) is 5. The number of hydrogen-bond donors (Lipinski definition) is 2. The molecule has 1 atom stereocenters. The Bertz CT molecular complexity index is 864. The molecule has 132 valence electrons. The minimum absolute atomic E-state index is 0.165. The van der Waals surface area contributed by atoms with E-state index in [1.54, 1.807) is 48.5 Å². The van der Waals surface area contributed by atoms with E-state index in [2.05, 4.69) is 4.72 Å². The zero-order valence-corrected chi connectivity index (χ0v) is 15.3. The number of aliphatic hydroxyl groups is 1. The van der Waals surface area contributed by atoms with E-state index >= 15 is 0 Å². The van der Waals surface area contributed by atoms with E-state index in [9.17, 15) is 13.5 Å². The van der Waals surface area contributed by atoms with Gasteiger partial charge in [-0.15, -0.1) is 11.3 Å². The third-order valence-corrected chi connectivity index (χ3v) is 6.46. The fraction of sp³-hybridized carbons (Fsp3) is 0.222. The molecule has 1 unspecified atom stereocenters. The highest BCUT2D eigenvalue weighted by Gasteiger charge is 2.37. The van der Waals surface area contributed by atoms with Crippen molar-refractivity contribution in [3.63, 3.8) is 0 Å². The van der Waals surface area contributed by atoms with E-state index in [1.807, 2.05) is 12.3 Å². The Morgan fingerprint density at radius 2 is 1.92 bits per heavy atom. The molecule has 0 fully saturated rings. The van der Waals surface area contributed by atoms with Crippen molar-refractivity contribution in [1.82, 2.24) is 4.72 Å².